The van der Waals surface area contributed by atoms with Crippen molar-refractivity contribution in [2.75, 3.05) is 49.0 Å². The second-order valence-corrected chi connectivity index (χ2v) is 9.83. The molecule has 0 saturated carbocycles. The molecule has 1 aromatic heterocycles. The monoisotopic (exact) mass is 539 g/mol. The molecule has 1 N–H and O–H groups in total. The van der Waals surface area contributed by atoms with Crippen molar-refractivity contribution in [3.05, 3.63) is 95.5 Å². The number of carbonyl (C=O) groups is 2. The molecule has 1 amide bonds. The summed E-state index contributed by atoms with van der Waals surface area (Å²) in [5, 5.41) is 11.9. The molecule has 40 heavy (non-hydrogen) atoms. The maximum Gasteiger partial charge on any atom is 0.294 e. The number of fused-ring (bicyclic) bond motifs is 1. The van der Waals surface area contributed by atoms with Crippen LogP contribution in [0, 0.1) is 0 Å². The lowest BCUT2D eigenvalue weighted by Crippen LogP contribution is -2.31. The van der Waals surface area contributed by atoms with Crippen LogP contribution < -0.4 is 19.4 Å². The summed E-state index contributed by atoms with van der Waals surface area (Å²) in [5.74, 6) is -1.29. The Labute approximate surface area is 233 Å². The summed E-state index contributed by atoms with van der Waals surface area (Å²) in [5.41, 5.74) is 3.64. The van der Waals surface area contributed by atoms with E-state index in [1.165, 1.54) is 12.0 Å². The van der Waals surface area contributed by atoms with Gasteiger partial charge in [0.1, 0.15) is 0 Å². The molecule has 4 aromatic rings. The molecule has 1 unspecified atom stereocenters. The summed E-state index contributed by atoms with van der Waals surface area (Å²) >= 11 is 0. The first-order chi connectivity index (χ1) is 19.3. The van der Waals surface area contributed by atoms with E-state index in [9.17, 15) is 14.7 Å². The molecule has 0 radical (unpaired) electrons. The zero-order valence-electron chi connectivity index (χ0n) is 23.3. The molecular formula is C32H33N3O5. The van der Waals surface area contributed by atoms with Gasteiger partial charge in [-0.15, -0.1) is 0 Å². The number of benzene rings is 3. The number of rotatable bonds is 9. The number of ketones is 1. The summed E-state index contributed by atoms with van der Waals surface area (Å²) < 4.78 is 11.3. The standard InChI is InChI=1S/C32H33N3O5/c1-6-34(7-2)23-13-11-20(12-14-23)28-27(29(36)26-19-21-9-8-10-25(39-5)31(21)40-26)30(37)32(38)35(28)24-17-15-22(16-18-24)33(3)4/h8-19,28,37H,6-7H2,1-5H3. The van der Waals surface area contributed by atoms with E-state index in [1.807, 2.05) is 73.6 Å². The van der Waals surface area contributed by atoms with Gasteiger partial charge in [0.15, 0.2) is 22.9 Å². The van der Waals surface area contributed by atoms with E-state index in [2.05, 4.69) is 18.7 Å². The number of amides is 1. The molecule has 0 bridgehead atoms. The van der Waals surface area contributed by atoms with Crippen LogP contribution in [0.15, 0.2) is 88.5 Å². The smallest absolute Gasteiger partial charge is 0.294 e. The van der Waals surface area contributed by atoms with Crippen LogP contribution in [0.25, 0.3) is 11.0 Å². The van der Waals surface area contributed by atoms with E-state index in [0.717, 1.165) is 24.5 Å². The normalized spacial score (nSPS) is 15.2. The highest BCUT2D eigenvalue weighted by Gasteiger charge is 2.45. The molecule has 206 valence electrons. The number of aliphatic hydroxyl groups is 1. The zero-order valence-corrected chi connectivity index (χ0v) is 23.3. The lowest BCUT2D eigenvalue weighted by Gasteiger charge is -2.28. The van der Waals surface area contributed by atoms with Gasteiger partial charge >= 0.3 is 0 Å². The molecule has 5 rings (SSSR count). The highest BCUT2D eigenvalue weighted by Crippen LogP contribution is 2.43. The van der Waals surface area contributed by atoms with Gasteiger partial charge in [-0.1, -0.05) is 24.3 Å². The number of nitrogens with zero attached hydrogens (tertiary/aromatic N) is 3. The van der Waals surface area contributed by atoms with Gasteiger partial charge in [0.05, 0.1) is 18.7 Å². The number of anilines is 3. The number of methoxy groups -OCH3 is 1. The van der Waals surface area contributed by atoms with Crippen molar-refractivity contribution in [1.29, 1.82) is 0 Å². The third-order valence-electron chi connectivity index (χ3n) is 7.39. The molecule has 2 heterocycles. The number of ether oxygens (including phenoxy) is 1. The summed E-state index contributed by atoms with van der Waals surface area (Å²) in [6.45, 7) is 5.88. The molecule has 1 aliphatic rings. The molecular weight excluding hydrogens is 506 g/mol. The Kier molecular flexibility index (Phi) is 7.26. The predicted molar refractivity (Wildman–Crippen MR) is 158 cm³/mol. The number of hydrogen-bond donors (Lipinski definition) is 1. The zero-order chi connectivity index (χ0) is 28.6. The van der Waals surface area contributed by atoms with Crippen LogP contribution in [0.2, 0.25) is 0 Å². The molecule has 0 aliphatic carbocycles. The van der Waals surface area contributed by atoms with Crippen molar-refractivity contribution in [3.63, 3.8) is 0 Å². The molecule has 8 nitrogen and oxygen atoms in total. The van der Waals surface area contributed by atoms with Crippen LogP contribution in [0.4, 0.5) is 17.1 Å². The van der Waals surface area contributed by atoms with Crippen molar-refractivity contribution in [3.8, 4) is 5.75 Å². The van der Waals surface area contributed by atoms with E-state index < -0.39 is 23.5 Å². The Morgan fingerprint density at radius 1 is 0.975 bits per heavy atom. The second kappa shape index (κ2) is 10.8. The molecule has 0 saturated heterocycles. The van der Waals surface area contributed by atoms with Crippen molar-refractivity contribution >= 4 is 39.7 Å². The van der Waals surface area contributed by atoms with Gasteiger partial charge in [-0.05, 0) is 67.9 Å². The lowest BCUT2D eigenvalue weighted by atomic mass is 9.94. The quantitative estimate of drug-likeness (QED) is 0.256. The maximum absolute atomic E-state index is 14.0. The van der Waals surface area contributed by atoms with E-state index in [4.69, 9.17) is 9.15 Å². The first-order valence-corrected chi connectivity index (χ1v) is 13.3. The molecule has 3 aromatic carbocycles. The van der Waals surface area contributed by atoms with Crippen LogP contribution in [-0.4, -0.2) is 51.1 Å². The number of para-hydroxylation sites is 1. The first kappa shape index (κ1) is 26.9. The fraction of sp³-hybridized carbons (Fsp3) is 0.250. The fourth-order valence-corrected chi connectivity index (χ4v) is 5.23. The molecule has 8 heteroatoms. The Hall–Kier alpha value is -4.72. The predicted octanol–water partition coefficient (Wildman–Crippen LogP) is 6.14. The van der Waals surface area contributed by atoms with Crippen molar-refractivity contribution in [2.24, 2.45) is 0 Å². The van der Waals surface area contributed by atoms with Crippen molar-refractivity contribution < 1.29 is 23.8 Å². The average Bonchev–Trinajstić information content (AvgIpc) is 3.53. The van der Waals surface area contributed by atoms with Crippen molar-refractivity contribution in [1.82, 2.24) is 0 Å². The largest absolute Gasteiger partial charge is 0.503 e. The Morgan fingerprint density at radius 3 is 2.23 bits per heavy atom. The van der Waals surface area contributed by atoms with Gasteiger partial charge in [-0.3, -0.25) is 14.5 Å². The SMILES string of the molecule is CCN(CC)c1ccc(C2C(C(=O)c3cc4cccc(OC)c4o3)=C(O)C(=O)N2c2ccc(N(C)C)cc2)cc1. The van der Waals surface area contributed by atoms with Crippen molar-refractivity contribution in [2.45, 2.75) is 19.9 Å². The Morgan fingerprint density at radius 2 is 1.62 bits per heavy atom. The van der Waals surface area contributed by atoms with Crippen LogP contribution in [0.3, 0.4) is 0 Å². The minimum absolute atomic E-state index is 0.0171. The number of aliphatic hydroxyl groups excluding tert-OH is 1. The van der Waals surface area contributed by atoms with Crippen LogP contribution in [0.1, 0.15) is 36.0 Å². The van der Waals surface area contributed by atoms with Gasteiger partial charge < -0.3 is 24.1 Å². The third-order valence-corrected chi connectivity index (χ3v) is 7.39. The minimum Gasteiger partial charge on any atom is -0.503 e. The number of Topliss-reactive ketones (excluding diaryl/α,β-unsaturated/α-hetero) is 1. The molecule has 1 atom stereocenters. The van der Waals surface area contributed by atoms with Gasteiger partial charge in [0, 0.05) is 49.6 Å². The van der Waals surface area contributed by atoms with E-state index in [-0.39, 0.29) is 11.3 Å². The van der Waals surface area contributed by atoms with E-state index in [1.54, 1.807) is 18.2 Å². The van der Waals surface area contributed by atoms with Gasteiger partial charge in [-0.2, -0.15) is 0 Å². The first-order valence-electron chi connectivity index (χ1n) is 13.3. The summed E-state index contributed by atoms with van der Waals surface area (Å²) in [6.07, 6.45) is 0. The van der Waals surface area contributed by atoms with Crippen LogP contribution in [-0.2, 0) is 4.79 Å². The van der Waals surface area contributed by atoms with E-state index in [0.29, 0.717) is 28.0 Å². The maximum atomic E-state index is 14.0. The Balaban J connectivity index is 1.62. The number of hydrogen-bond acceptors (Lipinski definition) is 7. The van der Waals surface area contributed by atoms with Crippen LogP contribution in [0.5, 0.6) is 5.75 Å². The Bertz CT molecular complexity index is 1580. The van der Waals surface area contributed by atoms with Gasteiger partial charge in [-0.25, -0.2) is 0 Å². The molecule has 0 spiro atoms. The summed E-state index contributed by atoms with van der Waals surface area (Å²) in [7, 11) is 5.39. The average molecular weight is 540 g/mol. The van der Waals surface area contributed by atoms with Crippen LogP contribution >= 0.6 is 0 Å². The van der Waals surface area contributed by atoms with Gasteiger partial charge in [0.25, 0.3) is 5.91 Å². The van der Waals surface area contributed by atoms with E-state index >= 15 is 0 Å². The summed E-state index contributed by atoms with van der Waals surface area (Å²) in [6, 6.07) is 21.3. The molecule has 0 fully saturated rings. The lowest BCUT2D eigenvalue weighted by molar-refractivity contribution is -0.117. The highest BCUT2D eigenvalue weighted by atomic mass is 16.5. The minimum atomic E-state index is -0.855. The topological polar surface area (TPSA) is 86.5 Å². The second-order valence-electron chi connectivity index (χ2n) is 9.83. The highest BCUT2D eigenvalue weighted by molar-refractivity contribution is 6.20. The van der Waals surface area contributed by atoms with Gasteiger partial charge in [0.2, 0.25) is 5.78 Å². The number of furan rings is 1. The summed E-state index contributed by atoms with van der Waals surface area (Å²) in [4.78, 5) is 33.2. The fourth-order valence-electron chi connectivity index (χ4n) is 5.23. The molecule has 1 aliphatic heterocycles. The number of carbonyl (C=O) groups excluding carboxylic acids is 2. The third kappa shape index (κ3) is 4.55.